The van der Waals surface area contributed by atoms with Gasteiger partial charge in [-0.2, -0.15) is 5.10 Å². The van der Waals surface area contributed by atoms with E-state index >= 15 is 0 Å². The van der Waals surface area contributed by atoms with Gasteiger partial charge in [-0.3, -0.25) is 16.0 Å². The molecule has 0 radical (unpaired) electrons. The fraction of sp³-hybridized carbons (Fsp3) is 0.812. The summed E-state index contributed by atoms with van der Waals surface area (Å²) in [4.78, 5) is 0. The van der Waals surface area contributed by atoms with Crippen molar-refractivity contribution in [1.29, 1.82) is 0 Å². The Hall–Kier alpha value is -0.910. The van der Waals surface area contributed by atoms with E-state index < -0.39 is 0 Å². The van der Waals surface area contributed by atoms with Crippen LogP contribution in [0.1, 0.15) is 63.1 Å². The predicted octanol–water partition coefficient (Wildman–Crippen LogP) is 2.33. The summed E-state index contributed by atoms with van der Waals surface area (Å²) in [5.74, 6) is 5.75. The van der Waals surface area contributed by atoms with Gasteiger partial charge in [-0.05, 0) is 44.6 Å². The molecule has 0 aromatic carbocycles. The van der Waals surface area contributed by atoms with Crippen LogP contribution in [0.2, 0.25) is 0 Å². The fourth-order valence-corrected chi connectivity index (χ4v) is 3.81. The van der Waals surface area contributed by atoms with Gasteiger partial charge in [-0.1, -0.05) is 12.8 Å². The second kappa shape index (κ2) is 6.46. The molecule has 1 heterocycles. The summed E-state index contributed by atoms with van der Waals surface area (Å²) in [6.45, 7) is 0. The molecule has 2 aliphatic rings. The molecule has 1 aromatic heterocycles. The highest BCUT2D eigenvalue weighted by molar-refractivity contribution is 5.04. The topological polar surface area (TPSA) is 65.1 Å². The normalized spacial score (nSPS) is 23.1. The third-order valence-electron chi connectivity index (χ3n) is 5.37. The van der Waals surface area contributed by atoms with Gasteiger partial charge in [0.2, 0.25) is 0 Å². The standard InChI is InChI=1S/C16H28N4O/c1-21-16(8-4-9-16)12-14(18-17)11-13-7-10-20(19-13)15-5-2-3-6-15/h7,10,14-15,18H,2-6,8-9,11-12,17H2,1H3. The minimum atomic E-state index is 0.0467. The van der Waals surface area contributed by atoms with E-state index in [0.717, 1.165) is 31.4 Å². The maximum absolute atomic E-state index is 5.75. The molecular weight excluding hydrogens is 264 g/mol. The zero-order chi connectivity index (χ0) is 14.7. The first-order valence-corrected chi connectivity index (χ1v) is 8.30. The number of hydrogen-bond donors (Lipinski definition) is 2. The zero-order valence-electron chi connectivity index (χ0n) is 13.1. The molecule has 0 amide bonds. The molecule has 0 saturated heterocycles. The van der Waals surface area contributed by atoms with Crippen LogP contribution in [0.15, 0.2) is 12.3 Å². The molecule has 2 saturated carbocycles. The van der Waals surface area contributed by atoms with Crippen molar-refractivity contribution >= 4 is 0 Å². The summed E-state index contributed by atoms with van der Waals surface area (Å²) < 4.78 is 7.87. The lowest BCUT2D eigenvalue weighted by Crippen LogP contribution is -2.48. The number of aromatic nitrogens is 2. The van der Waals surface area contributed by atoms with Crippen LogP contribution in [-0.4, -0.2) is 28.5 Å². The van der Waals surface area contributed by atoms with Gasteiger partial charge >= 0.3 is 0 Å². The lowest BCUT2D eigenvalue weighted by molar-refractivity contribution is -0.0834. The number of hydrazine groups is 1. The van der Waals surface area contributed by atoms with Crippen molar-refractivity contribution in [3.63, 3.8) is 0 Å². The maximum Gasteiger partial charge on any atom is 0.0694 e. The van der Waals surface area contributed by atoms with E-state index in [0.29, 0.717) is 6.04 Å². The Morgan fingerprint density at radius 3 is 2.76 bits per heavy atom. The molecular formula is C16H28N4O. The SMILES string of the molecule is COC1(CC(Cc2ccn(C3CCCC3)n2)NN)CCC1. The summed E-state index contributed by atoms with van der Waals surface area (Å²) in [7, 11) is 1.82. The van der Waals surface area contributed by atoms with Crippen molar-refractivity contribution in [2.45, 2.75) is 75.5 Å². The van der Waals surface area contributed by atoms with Crippen molar-refractivity contribution in [1.82, 2.24) is 15.2 Å². The monoisotopic (exact) mass is 292 g/mol. The number of ether oxygens (including phenoxy) is 1. The molecule has 3 rings (SSSR count). The smallest absolute Gasteiger partial charge is 0.0694 e. The second-order valence-electron chi connectivity index (χ2n) is 6.74. The van der Waals surface area contributed by atoms with Gasteiger partial charge in [-0.15, -0.1) is 0 Å². The van der Waals surface area contributed by atoms with Crippen molar-refractivity contribution in [3.05, 3.63) is 18.0 Å². The highest BCUT2D eigenvalue weighted by Gasteiger charge is 2.39. The number of methoxy groups -OCH3 is 1. The fourth-order valence-electron chi connectivity index (χ4n) is 3.81. The first kappa shape index (κ1) is 15.0. The van der Waals surface area contributed by atoms with Crippen molar-refractivity contribution in [2.24, 2.45) is 5.84 Å². The summed E-state index contributed by atoms with van der Waals surface area (Å²) in [5, 5.41) is 4.76. The van der Waals surface area contributed by atoms with Crippen LogP contribution >= 0.6 is 0 Å². The molecule has 0 spiro atoms. The number of hydrogen-bond acceptors (Lipinski definition) is 4. The molecule has 0 aliphatic heterocycles. The largest absolute Gasteiger partial charge is 0.378 e. The van der Waals surface area contributed by atoms with Gasteiger partial charge in [0.25, 0.3) is 0 Å². The van der Waals surface area contributed by atoms with Crippen LogP contribution in [0.25, 0.3) is 0 Å². The molecule has 3 N–H and O–H groups in total. The molecule has 2 aliphatic carbocycles. The highest BCUT2D eigenvalue weighted by atomic mass is 16.5. The molecule has 21 heavy (non-hydrogen) atoms. The third kappa shape index (κ3) is 3.30. The van der Waals surface area contributed by atoms with Gasteiger partial charge in [0, 0.05) is 25.8 Å². The Morgan fingerprint density at radius 2 is 2.19 bits per heavy atom. The number of nitrogens with two attached hydrogens (primary N) is 1. The first-order chi connectivity index (χ1) is 10.2. The number of rotatable bonds is 7. The van der Waals surface area contributed by atoms with Crippen LogP contribution in [0.4, 0.5) is 0 Å². The Labute approximate surface area is 127 Å². The van der Waals surface area contributed by atoms with Gasteiger partial charge in [0.05, 0.1) is 17.3 Å². The zero-order valence-corrected chi connectivity index (χ0v) is 13.1. The van der Waals surface area contributed by atoms with E-state index in [1.807, 2.05) is 7.11 Å². The first-order valence-electron chi connectivity index (χ1n) is 8.30. The average molecular weight is 292 g/mol. The van der Waals surface area contributed by atoms with E-state index in [1.165, 1.54) is 32.1 Å². The van der Waals surface area contributed by atoms with Crippen LogP contribution in [0.3, 0.4) is 0 Å². The minimum Gasteiger partial charge on any atom is -0.378 e. The lowest BCUT2D eigenvalue weighted by Gasteiger charge is -2.42. The molecule has 5 nitrogen and oxygen atoms in total. The highest BCUT2D eigenvalue weighted by Crippen LogP contribution is 2.39. The van der Waals surface area contributed by atoms with Crippen LogP contribution in [0.5, 0.6) is 0 Å². The molecule has 1 aromatic rings. The Bertz CT molecular complexity index is 443. The molecule has 1 atom stereocenters. The Morgan fingerprint density at radius 1 is 1.43 bits per heavy atom. The van der Waals surface area contributed by atoms with Gasteiger partial charge < -0.3 is 4.74 Å². The third-order valence-corrected chi connectivity index (χ3v) is 5.37. The molecule has 118 valence electrons. The van der Waals surface area contributed by atoms with E-state index in [4.69, 9.17) is 15.7 Å². The summed E-state index contributed by atoms with van der Waals surface area (Å²) in [5.41, 5.74) is 4.14. The van der Waals surface area contributed by atoms with Crippen molar-refractivity contribution < 1.29 is 4.74 Å². The van der Waals surface area contributed by atoms with Gasteiger partial charge in [0.15, 0.2) is 0 Å². The van der Waals surface area contributed by atoms with E-state index in [9.17, 15) is 0 Å². The molecule has 5 heteroatoms. The summed E-state index contributed by atoms with van der Waals surface area (Å²) in [6, 6.07) is 2.99. The summed E-state index contributed by atoms with van der Waals surface area (Å²) in [6.07, 6.45) is 12.8. The second-order valence-corrected chi connectivity index (χ2v) is 6.74. The van der Waals surface area contributed by atoms with Crippen molar-refractivity contribution in [2.75, 3.05) is 7.11 Å². The molecule has 0 bridgehead atoms. The van der Waals surface area contributed by atoms with Crippen LogP contribution < -0.4 is 11.3 Å². The van der Waals surface area contributed by atoms with Crippen LogP contribution in [-0.2, 0) is 11.2 Å². The maximum atomic E-state index is 5.75. The summed E-state index contributed by atoms with van der Waals surface area (Å²) >= 11 is 0. The average Bonchev–Trinajstić information content (AvgIpc) is 3.12. The van der Waals surface area contributed by atoms with E-state index in [-0.39, 0.29) is 11.6 Å². The quantitative estimate of drug-likeness (QED) is 0.598. The van der Waals surface area contributed by atoms with E-state index in [2.05, 4.69) is 22.4 Å². The Kier molecular flexibility index (Phi) is 4.62. The number of nitrogens with one attached hydrogen (secondary N) is 1. The van der Waals surface area contributed by atoms with Gasteiger partial charge in [0.1, 0.15) is 0 Å². The molecule has 1 unspecified atom stereocenters. The molecule has 2 fully saturated rings. The van der Waals surface area contributed by atoms with Crippen LogP contribution in [0, 0.1) is 0 Å². The number of nitrogens with zero attached hydrogens (tertiary/aromatic N) is 2. The minimum absolute atomic E-state index is 0.0467. The Balaban J connectivity index is 1.58. The lowest BCUT2D eigenvalue weighted by atomic mass is 9.75. The van der Waals surface area contributed by atoms with Crippen molar-refractivity contribution in [3.8, 4) is 0 Å². The van der Waals surface area contributed by atoms with Gasteiger partial charge in [-0.25, -0.2) is 0 Å². The predicted molar refractivity (Wildman–Crippen MR) is 82.8 cm³/mol. The van der Waals surface area contributed by atoms with E-state index in [1.54, 1.807) is 0 Å².